The summed E-state index contributed by atoms with van der Waals surface area (Å²) in [4.78, 5) is 25.3. The van der Waals surface area contributed by atoms with E-state index in [0.29, 0.717) is 12.5 Å². The molecule has 0 unspecified atom stereocenters. The minimum absolute atomic E-state index is 0.0737. The number of nitrogens with zero attached hydrogens (tertiary/aromatic N) is 1. The fourth-order valence-electron chi connectivity index (χ4n) is 1.95. The molecule has 0 aliphatic carbocycles. The molecular formula is C14H19N3O2. The lowest BCUT2D eigenvalue weighted by molar-refractivity contribution is -0.123. The number of anilines is 2. The molecule has 5 heteroatoms. The number of para-hydroxylation sites is 2. The zero-order chi connectivity index (χ0) is 13.8. The fourth-order valence-corrected chi connectivity index (χ4v) is 1.95. The molecule has 1 aliphatic heterocycles. The highest BCUT2D eigenvalue weighted by Gasteiger charge is 2.25. The number of benzene rings is 1. The lowest BCUT2D eigenvalue weighted by Crippen LogP contribution is -2.46. The molecule has 1 aliphatic rings. The van der Waals surface area contributed by atoms with Crippen molar-refractivity contribution in [1.29, 1.82) is 0 Å². The average Bonchev–Trinajstić information content (AvgIpc) is 2.40. The lowest BCUT2D eigenvalue weighted by Gasteiger charge is -2.29. The monoisotopic (exact) mass is 261 g/mol. The minimum atomic E-state index is -0.126. The zero-order valence-electron chi connectivity index (χ0n) is 11.3. The number of amides is 2. The maximum Gasteiger partial charge on any atom is 0.246 e. The van der Waals surface area contributed by atoms with Crippen LogP contribution >= 0.6 is 0 Å². The SMILES string of the molecule is CC(C)CNC(=O)CN1C(=O)CNc2ccccc21. The summed E-state index contributed by atoms with van der Waals surface area (Å²) in [5.74, 6) is 0.187. The quantitative estimate of drug-likeness (QED) is 0.856. The molecule has 0 radical (unpaired) electrons. The number of carbonyl (C=O) groups is 2. The molecule has 5 nitrogen and oxygen atoms in total. The van der Waals surface area contributed by atoms with Crippen molar-refractivity contribution in [2.45, 2.75) is 13.8 Å². The van der Waals surface area contributed by atoms with Crippen LogP contribution in [0.4, 0.5) is 11.4 Å². The molecule has 0 saturated heterocycles. The molecule has 2 amide bonds. The van der Waals surface area contributed by atoms with E-state index >= 15 is 0 Å². The summed E-state index contributed by atoms with van der Waals surface area (Å²) in [6, 6.07) is 7.51. The summed E-state index contributed by atoms with van der Waals surface area (Å²) in [7, 11) is 0. The van der Waals surface area contributed by atoms with Crippen molar-refractivity contribution < 1.29 is 9.59 Å². The van der Waals surface area contributed by atoms with Crippen LogP contribution in [0.1, 0.15) is 13.8 Å². The summed E-state index contributed by atoms with van der Waals surface area (Å²) >= 11 is 0. The first-order valence-corrected chi connectivity index (χ1v) is 6.48. The number of fused-ring (bicyclic) bond motifs is 1. The third-order valence-corrected chi connectivity index (χ3v) is 2.94. The molecule has 0 bridgehead atoms. The Kier molecular flexibility index (Phi) is 4.04. The maximum absolute atomic E-state index is 11.9. The van der Waals surface area contributed by atoms with Crippen molar-refractivity contribution in [3.05, 3.63) is 24.3 Å². The summed E-state index contributed by atoms with van der Waals surface area (Å²) in [5, 5.41) is 5.87. The van der Waals surface area contributed by atoms with Crippen LogP contribution in [-0.4, -0.2) is 31.4 Å². The summed E-state index contributed by atoms with van der Waals surface area (Å²) < 4.78 is 0. The maximum atomic E-state index is 11.9. The smallest absolute Gasteiger partial charge is 0.246 e. The van der Waals surface area contributed by atoms with Gasteiger partial charge in [-0.05, 0) is 18.1 Å². The Bertz CT molecular complexity index is 485. The number of hydrogen-bond acceptors (Lipinski definition) is 3. The van der Waals surface area contributed by atoms with Gasteiger partial charge in [0.05, 0.1) is 17.9 Å². The molecule has 1 aromatic rings. The average molecular weight is 261 g/mol. The van der Waals surface area contributed by atoms with Gasteiger partial charge in [0, 0.05) is 6.54 Å². The molecule has 2 rings (SSSR count). The Balaban J connectivity index is 2.07. The van der Waals surface area contributed by atoms with E-state index < -0.39 is 0 Å². The van der Waals surface area contributed by atoms with E-state index in [2.05, 4.69) is 10.6 Å². The van der Waals surface area contributed by atoms with Gasteiger partial charge in [0.25, 0.3) is 0 Å². The van der Waals surface area contributed by atoms with E-state index in [1.807, 2.05) is 38.1 Å². The number of nitrogens with one attached hydrogen (secondary N) is 2. The molecule has 2 N–H and O–H groups in total. The normalized spacial score (nSPS) is 14.1. The van der Waals surface area contributed by atoms with E-state index in [-0.39, 0.29) is 24.9 Å². The second-order valence-electron chi connectivity index (χ2n) is 5.05. The van der Waals surface area contributed by atoms with Crippen LogP contribution in [0.3, 0.4) is 0 Å². The molecular weight excluding hydrogens is 242 g/mol. The van der Waals surface area contributed by atoms with E-state index in [1.54, 1.807) is 0 Å². The highest BCUT2D eigenvalue weighted by Crippen LogP contribution is 2.28. The summed E-state index contributed by atoms with van der Waals surface area (Å²) in [6.07, 6.45) is 0. The van der Waals surface area contributed by atoms with Crippen LogP contribution < -0.4 is 15.5 Å². The number of rotatable bonds is 4. The van der Waals surface area contributed by atoms with Gasteiger partial charge in [0.15, 0.2) is 0 Å². The minimum Gasteiger partial charge on any atom is -0.374 e. The zero-order valence-corrected chi connectivity index (χ0v) is 11.3. The molecule has 0 saturated carbocycles. The Hall–Kier alpha value is -2.04. The van der Waals surface area contributed by atoms with Gasteiger partial charge in [-0.2, -0.15) is 0 Å². The van der Waals surface area contributed by atoms with Crippen LogP contribution in [0.15, 0.2) is 24.3 Å². The summed E-state index contributed by atoms with van der Waals surface area (Å²) in [5.41, 5.74) is 1.65. The van der Waals surface area contributed by atoms with Crippen LogP contribution in [-0.2, 0) is 9.59 Å². The molecule has 0 aromatic heterocycles. The topological polar surface area (TPSA) is 61.4 Å². The first-order valence-electron chi connectivity index (χ1n) is 6.48. The van der Waals surface area contributed by atoms with Crippen molar-refractivity contribution in [2.75, 3.05) is 29.9 Å². The van der Waals surface area contributed by atoms with E-state index in [0.717, 1.165) is 11.4 Å². The highest BCUT2D eigenvalue weighted by molar-refractivity contribution is 6.05. The van der Waals surface area contributed by atoms with Crippen molar-refractivity contribution in [3.8, 4) is 0 Å². The molecule has 0 fully saturated rings. The van der Waals surface area contributed by atoms with Crippen molar-refractivity contribution in [1.82, 2.24) is 5.32 Å². The van der Waals surface area contributed by atoms with Crippen molar-refractivity contribution in [3.63, 3.8) is 0 Å². The third kappa shape index (κ3) is 3.24. The van der Waals surface area contributed by atoms with Gasteiger partial charge in [0.1, 0.15) is 6.54 Å². The lowest BCUT2D eigenvalue weighted by atomic mass is 10.2. The van der Waals surface area contributed by atoms with E-state index in [1.165, 1.54) is 4.90 Å². The van der Waals surface area contributed by atoms with Crippen molar-refractivity contribution in [2.24, 2.45) is 5.92 Å². The van der Waals surface area contributed by atoms with E-state index in [9.17, 15) is 9.59 Å². The Morgan fingerprint density at radius 2 is 2.16 bits per heavy atom. The molecule has 0 atom stereocenters. The van der Waals surface area contributed by atoms with E-state index in [4.69, 9.17) is 0 Å². The predicted molar refractivity (Wildman–Crippen MR) is 75.1 cm³/mol. The third-order valence-electron chi connectivity index (χ3n) is 2.94. The molecule has 102 valence electrons. The summed E-state index contributed by atoms with van der Waals surface area (Å²) in [6.45, 7) is 5.00. The molecule has 19 heavy (non-hydrogen) atoms. The number of hydrogen-bond donors (Lipinski definition) is 2. The fraction of sp³-hybridized carbons (Fsp3) is 0.429. The Labute approximate surface area is 113 Å². The highest BCUT2D eigenvalue weighted by atomic mass is 16.2. The van der Waals surface area contributed by atoms with Gasteiger partial charge in [0.2, 0.25) is 11.8 Å². The van der Waals surface area contributed by atoms with Gasteiger partial charge >= 0.3 is 0 Å². The Morgan fingerprint density at radius 1 is 1.42 bits per heavy atom. The van der Waals surface area contributed by atoms with Crippen LogP contribution in [0.5, 0.6) is 0 Å². The van der Waals surface area contributed by atoms with Crippen LogP contribution in [0.25, 0.3) is 0 Å². The second-order valence-corrected chi connectivity index (χ2v) is 5.05. The molecule has 0 spiro atoms. The standard InChI is InChI=1S/C14H19N3O2/c1-10(2)7-16-13(18)9-17-12-6-4-3-5-11(12)15-8-14(17)19/h3-6,10,15H,7-9H2,1-2H3,(H,16,18). The predicted octanol–water partition coefficient (Wildman–Crippen LogP) is 1.22. The van der Waals surface area contributed by atoms with Gasteiger partial charge in [-0.3, -0.25) is 14.5 Å². The Morgan fingerprint density at radius 3 is 2.89 bits per heavy atom. The molecule has 1 heterocycles. The first kappa shape index (κ1) is 13.4. The second kappa shape index (κ2) is 5.73. The van der Waals surface area contributed by atoms with Gasteiger partial charge in [-0.25, -0.2) is 0 Å². The van der Waals surface area contributed by atoms with Crippen LogP contribution in [0.2, 0.25) is 0 Å². The largest absolute Gasteiger partial charge is 0.374 e. The van der Waals surface area contributed by atoms with Gasteiger partial charge < -0.3 is 10.6 Å². The van der Waals surface area contributed by atoms with Gasteiger partial charge in [-0.1, -0.05) is 26.0 Å². The first-order chi connectivity index (χ1) is 9.08. The van der Waals surface area contributed by atoms with Crippen molar-refractivity contribution >= 4 is 23.2 Å². The van der Waals surface area contributed by atoms with Crippen LogP contribution in [0, 0.1) is 5.92 Å². The number of carbonyl (C=O) groups excluding carboxylic acids is 2. The molecule has 1 aromatic carbocycles. The van der Waals surface area contributed by atoms with Gasteiger partial charge in [-0.15, -0.1) is 0 Å².